The predicted octanol–water partition coefficient (Wildman–Crippen LogP) is 2.73. The van der Waals surface area contributed by atoms with Crippen LogP contribution in [0.2, 0.25) is 0 Å². The fraction of sp³-hybridized carbons (Fsp3) is 0.250. The summed E-state index contributed by atoms with van der Waals surface area (Å²) >= 11 is 0. The lowest BCUT2D eigenvalue weighted by molar-refractivity contribution is 0.627. The molecule has 0 radical (unpaired) electrons. The third-order valence-electron chi connectivity index (χ3n) is 2.47. The van der Waals surface area contributed by atoms with Gasteiger partial charge in [0.1, 0.15) is 11.6 Å². The molecule has 0 aliphatic heterocycles. The Labute approximate surface area is 93.9 Å². The van der Waals surface area contributed by atoms with Crippen LogP contribution in [0.5, 0.6) is 0 Å². The first-order valence-electron chi connectivity index (χ1n) is 5.16. The molecule has 1 N–H and O–H groups in total. The van der Waals surface area contributed by atoms with Crippen LogP contribution in [0.25, 0.3) is 0 Å². The van der Waals surface area contributed by atoms with E-state index >= 15 is 0 Å². The second-order valence-corrected chi connectivity index (χ2v) is 3.77. The van der Waals surface area contributed by atoms with Gasteiger partial charge in [-0.15, -0.1) is 0 Å². The van der Waals surface area contributed by atoms with E-state index in [-0.39, 0.29) is 11.9 Å². The Balaban J connectivity index is 2.10. The topological polar surface area (TPSA) is 29.9 Å². The zero-order valence-corrected chi connectivity index (χ0v) is 9.31. The summed E-state index contributed by atoms with van der Waals surface area (Å²) in [6.45, 7) is 2.02. The molecular weight excluding hydrogens is 205 g/mol. The summed E-state index contributed by atoms with van der Waals surface area (Å²) in [4.78, 5) is 4.26. The molecule has 2 aromatic rings. The highest BCUT2D eigenvalue weighted by Crippen LogP contribution is 2.17. The molecule has 0 saturated heterocycles. The highest BCUT2D eigenvalue weighted by Gasteiger charge is 2.09. The van der Waals surface area contributed by atoms with Crippen LogP contribution in [0.15, 0.2) is 36.7 Å². The van der Waals surface area contributed by atoms with Gasteiger partial charge in [0.2, 0.25) is 0 Å². The van der Waals surface area contributed by atoms with Crippen LogP contribution in [-0.2, 0) is 7.05 Å². The number of nitrogens with one attached hydrogen (secondary N) is 1. The standard InChI is InChI=1S/C12H14FN3/c1-9(12-14-7-8-16(12)2)15-11-5-3-10(13)4-6-11/h3-9,15H,1-2H3. The van der Waals surface area contributed by atoms with Crippen molar-refractivity contribution < 1.29 is 4.39 Å². The first kappa shape index (κ1) is 10.7. The maximum absolute atomic E-state index is 12.7. The average Bonchev–Trinajstić information content (AvgIpc) is 2.68. The summed E-state index contributed by atoms with van der Waals surface area (Å²) in [7, 11) is 1.95. The Morgan fingerprint density at radius 3 is 2.56 bits per heavy atom. The van der Waals surface area contributed by atoms with Gasteiger partial charge in [-0.3, -0.25) is 0 Å². The largest absolute Gasteiger partial charge is 0.375 e. The summed E-state index contributed by atoms with van der Waals surface area (Å²) < 4.78 is 14.7. The van der Waals surface area contributed by atoms with Gasteiger partial charge in [-0.05, 0) is 31.2 Å². The van der Waals surface area contributed by atoms with Gasteiger partial charge in [-0.25, -0.2) is 9.37 Å². The molecule has 4 heteroatoms. The first-order valence-corrected chi connectivity index (χ1v) is 5.16. The van der Waals surface area contributed by atoms with E-state index in [1.54, 1.807) is 18.3 Å². The SMILES string of the molecule is CC(Nc1ccc(F)cc1)c1nccn1C. The van der Waals surface area contributed by atoms with Crippen LogP contribution < -0.4 is 5.32 Å². The van der Waals surface area contributed by atoms with Crippen molar-refractivity contribution in [2.24, 2.45) is 7.05 Å². The predicted molar refractivity (Wildman–Crippen MR) is 61.6 cm³/mol. The number of aromatic nitrogens is 2. The van der Waals surface area contributed by atoms with E-state index in [9.17, 15) is 4.39 Å². The average molecular weight is 219 g/mol. The van der Waals surface area contributed by atoms with Crippen molar-refractivity contribution in [2.45, 2.75) is 13.0 Å². The Morgan fingerprint density at radius 1 is 1.31 bits per heavy atom. The minimum absolute atomic E-state index is 0.0884. The molecule has 0 saturated carbocycles. The van der Waals surface area contributed by atoms with Gasteiger partial charge >= 0.3 is 0 Å². The molecule has 1 aromatic carbocycles. The normalized spacial score (nSPS) is 12.4. The van der Waals surface area contributed by atoms with E-state index in [0.717, 1.165) is 11.5 Å². The van der Waals surface area contributed by atoms with Crippen molar-refractivity contribution >= 4 is 5.69 Å². The molecule has 0 aliphatic rings. The van der Waals surface area contributed by atoms with Crippen molar-refractivity contribution in [2.75, 3.05) is 5.32 Å². The highest BCUT2D eigenvalue weighted by molar-refractivity contribution is 5.44. The first-order chi connectivity index (χ1) is 7.66. The minimum atomic E-state index is -0.227. The van der Waals surface area contributed by atoms with Crippen LogP contribution >= 0.6 is 0 Å². The maximum atomic E-state index is 12.7. The monoisotopic (exact) mass is 219 g/mol. The van der Waals surface area contributed by atoms with Gasteiger partial charge in [0.05, 0.1) is 6.04 Å². The Hall–Kier alpha value is -1.84. The molecule has 1 heterocycles. The molecule has 1 atom stereocenters. The van der Waals surface area contributed by atoms with E-state index in [1.807, 2.05) is 24.7 Å². The quantitative estimate of drug-likeness (QED) is 0.860. The highest BCUT2D eigenvalue weighted by atomic mass is 19.1. The Kier molecular flexibility index (Phi) is 2.90. The number of nitrogens with zero attached hydrogens (tertiary/aromatic N) is 2. The summed E-state index contributed by atoms with van der Waals surface area (Å²) in [6, 6.07) is 6.40. The van der Waals surface area contributed by atoms with Crippen molar-refractivity contribution in [3.8, 4) is 0 Å². The van der Waals surface area contributed by atoms with Crippen LogP contribution in [0.4, 0.5) is 10.1 Å². The van der Waals surface area contributed by atoms with E-state index in [2.05, 4.69) is 10.3 Å². The Morgan fingerprint density at radius 2 is 2.00 bits per heavy atom. The number of rotatable bonds is 3. The van der Waals surface area contributed by atoms with Crippen LogP contribution in [0, 0.1) is 5.82 Å². The lowest BCUT2D eigenvalue weighted by Crippen LogP contribution is -2.11. The molecule has 1 unspecified atom stereocenters. The molecule has 0 spiro atoms. The fourth-order valence-corrected chi connectivity index (χ4v) is 1.66. The minimum Gasteiger partial charge on any atom is -0.375 e. The molecule has 0 amide bonds. The Bertz CT molecular complexity index is 461. The lowest BCUT2D eigenvalue weighted by atomic mass is 10.2. The lowest BCUT2D eigenvalue weighted by Gasteiger charge is -2.14. The van der Waals surface area contributed by atoms with E-state index in [0.29, 0.717) is 0 Å². The molecule has 3 nitrogen and oxygen atoms in total. The molecular formula is C12H14FN3. The van der Waals surface area contributed by atoms with E-state index in [1.165, 1.54) is 12.1 Å². The number of halogens is 1. The van der Waals surface area contributed by atoms with Gasteiger partial charge in [0.25, 0.3) is 0 Å². The zero-order valence-electron chi connectivity index (χ0n) is 9.31. The molecule has 84 valence electrons. The van der Waals surface area contributed by atoms with Gasteiger partial charge in [-0.1, -0.05) is 0 Å². The van der Waals surface area contributed by atoms with Gasteiger partial charge < -0.3 is 9.88 Å². The summed E-state index contributed by atoms with van der Waals surface area (Å²) in [6.07, 6.45) is 3.66. The summed E-state index contributed by atoms with van der Waals surface area (Å²) in [5.74, 6) is 0.722. The number of anilines is 1. The van der Waals surface area contributed by atoms with Gasteiger partial charge in [0.15, 0.2) is 0 Å². The van der Waals surface area contributed by atoms with Crippen molar-refractivity contribution in [1.82, 2.24) is 9.55 Å². The third-order valence-corrected chi connectivity index (χ3v) is 2.47. The smallest absolute Gasteiger partial charge is 0.130 e. The molecule has 0 bridgehead atoms. The van der Waals surface area contributed by atoms with Crippen molar-refractivity contribution in [3.05, 3.63) is 48.3 Å². The van der Waals surface area contributed by atoms with Crippen molar-refractivity contribution in [1.29, 1.82) is 0 Å². The molecule has 1 aromatic heterocycles. The van der Waals surface area contributed by atoms with Crippen LogP contribution in [0.1, 0.15) is 18.8 Å². The third kappa shape index (κ3) is 2.21. The van der Waals surface area contributed by atoms with Gasteiger partial charge in [-0.2, -0.15) is 0 Å². The van der Waals surface area contributed by atoms with Gasteiger partial charge in [0, 0.05) is 25.1 Å². The number of hydrogen-bond acceptors (Lipinski definition) is 2. The van der Waals surface area contributed by atoms with E-state index in [4.69, 9.17) is 0 Å². The molecule has 16 heavy (non-hydrogen) atoms. The summed E-state index contributed by atoms with van der Waals surface area (Å²) in [5, 5.41) is 3.26. The van der Waals surface area contributed by atoms with Crippen LogP contribution in [0.3, 0.4) is 0 Å². The zero-order chi connectivity index (χ0) is 11.5. The van der Waals surface area contributed by atoms with Crippen LogP contribution in [-0.4, -0.2) is 9.55 Å². The number of benzene rings is 1. The second kappa shape index (κ2) is 4.35. The molecule has 2 rings (SSSR count). The number of aryl methyl sites for hydroxylation is 1. The number of imidazole rings is 1. The van der Waals surface area contributed by atoms with Crippen molar-refractivity contribution in [3.63, 3.8) is 0 Å². The second-order valence-electron chi connectivity index (χ2n) is 3.77. The van der Waals surface area contributed by atoms with E-state index < -0.39 is 0 Å². The maximum Gasteiger partial charge on any atom is 0.130 e. The number of hydrogen-bond donors (Lipinski definition) is 1. The molecule has 0 fully saturated rings. The summed E-state index contributed by atoms with van der Waals surface area (Å²) in [5.41, 5.74) is 0.886. The fourth-order valence-electron chi connectivity index (χ4n) is 1.66. The molecule has 0 aliphatic carbocycles.